The van der Waals surface area contributed by atoms with E-state index in [1.807, 2.05) is 31.2 Å². The third kappa shape index (κ3) is 4.92. The Balaban J connectivity index is 2.06. The van der Waals surface area contributed by atoms with Gasteiger partial charge in [-0.3, -0.25) is 4.79 Å². The van der Waals surface area contributed by atoms with Crippen molar-refractivity contribution in [1.82, 2.24) is 0 Å². The second kappa shape index (κ2) is 7.61. The lowest BCUT2D eigenvalue weighted by atomic mass is 10.1. The number of anilines is 1. The normalized spacial score (nSPS) is 11.2. The highest BCUT2D eigenvalue weighted by molar-refractivity contribution is 8.00. The maximum Gasteiger partial charge on any atom is 0.418 e. The standard InChI is InChI=1S/C17H16F3NO2S/c1-11-3-6-13(7-4-11)24-10-16(22)21-15-8-5-12(23-2)9-14(15)17(18,19)20/h3-9H,10H2,1-2H3,(H,21,22). The molecule has 0 unspecified atom stereocenters. The van der Waals surface area contributed by atoms with E-state index in [2.05, 4.69) is 5.32 Å². The van der Waals surface area contributed by atoms with Gasteiger partial charge in [0, 0.05) is 4.90 Å². The first-order chi connectivity index (χ1) is 11.3. The monoisotopic (exact) mass is 355 g/mol. The number of nitrogens with one attached hydrogen (secondary N) is 1. The number of benzene rings is 2. The Bertz CT molecular complexity index is 715. The topological polar surface area (TPSA) is 38.3 Å². The molecule has 1 amide bonds. The van der Waals surface area contributed by atoms with Crippen molar-refractivity contribution in [1.29, 1.82) is 0 Å². The van der Waals surface area contributed by atoms with E-state index >= 15 is 0 Å². The quantitative estimate of drug-likeness (QED) is 0.787. The lowest BCUT2D eigenvalue weighted by Crippen LogP contribution is -2.18. The zero-order valence-electron chi connectivity index (χ0n) is 13.1. The molecule has 2 aromatic rings. The summed E-state index contributed by atoms with van der Waals surface area (Å²) in [5.74, 6) is -0.405. The molecule has 0 aliphatic rings. The van der Waals surface area contributed by atoms with Crippen LogP contribution in [0.3, 0.4) is 0 Å². The van der Waals surface area contributed by atoms with Crippen LogP contribution in [0.1, 0.15) is 11.1 Å². The van der Waals surface area contributed by atoms with Crippen LogP contribution in [-0.4, -0.2) is 18.8 Å². The fourth-order valence-corrected chi connectivity index (χ4v) is 2.66. The van der Waals surface area contributed by atoms with Crippen molar-refractivity contribution in [2.24, 2.45) is 0 Å². The molecule has 2 rings (SSSR count). The molecular formula is C17H16F3NO2S. The number of ether oxygens (including phenoxy) is 1. The van der Waals surface area contributed by atoms with Gasteiger partial charge in [0.15, 0.2) is 0 Å². The fraction of sp³-hybridized carbons (Fsp3) is 0.235. The second-order valence-corrected chi connectivity index (χ2v) is 6.11. The van der Waals surface area contributed by atoms with E-state index in [1.54, 1.807) is 0 Å². The number of thioether (sulfide) groups is 1. The number of amides is 1. The minimum Gasteiger partial charge on any atom is -0.497 e. The van der Waals surface area contributed by atoms with Gasteiger partial charge in [-0.1, -0.05) is 17.7 Å². The fourth-order valence-electron chi connectivity index (χ4n) is 1.96. The van der Waals surface area contributed by atoms with Crippen LogP contribution in [0.4, 0.5) is 18.9 Å². The minimum absolute atomic E-state index is 0.0202. The number of hydrogen-bond acceptors (Lipinski definition) is 3. The first kappa shape index (κ1) is 18.2. The van der Waals surface area contributed by atoms with Crippen molar-refractivity contribution in [3.05, 3.63) is 53.6 Å². The zero-order valence-corrected chi connectivity index (χ0v) is 13.9. The highest BCUT2D eigenvalue weighted by atomic mass is 32.2. The largest absolute Gasteiger partial charge is 0.497 e. The molecule has 24 heavy (non-hydrogen) atoms. The maximum absolute atomic E-state index is 13.1. The molecule has 3 nitrogen and oxygen atoms in total. The van der Waals surface area contributed by atoms with E-state index in [1.165, 1.54) is 31.0 Å². The first-order valence-electron chi connectivity index (χ1n) is 7.04. The van der Waals surface area contributed by atoms with Gasteiger partial charge >= 0.3 is 6.18 Å². The summed E-state index contributed by atoms with van der Waals surface area (Å²) < 4.78 is 44.1. The van der Waals surface area contributed by atoms with Crippen molar-refractivity contribution in [3.63, 3.8) is 0 Å². The number of carbonyl (C=O) groups excluding carboxylic acids is 1. The molecule has 0 aliphatic heterocycles. The molecule has 0 radical (unpaired) electrons. The Labute approximate surface area is 142 Å². The molecule has 0 saturated heterocycles. The van der Waals surface area contributed by atoms with Crippen molar-refractivity contribution < 1.29 is 22.7 Å². The van der Waals surface area contributed by atoms with Crippen molar-refractivity contribution in [2.45, 2.75) is 18.0 Å². The summed E-state index contributed by atoms with van der Waals surface area (Å²) in [5, 5.41) is 2.31. The van der Waals surface area contributed by atoms with Gasteiger partial charge in [0.25, 0.3) is 0 Å². The number of alkyl halides is 3. The number of halogens is 3. The van der Waals surface area contributed by atoms with Crippen LogP contribution in [0.25, 0.3) is 0 Å². The Hall–Kier alpha value is -2.15. The molecule has 0 aromatic heterocycles. The van der Waals surface area contributed by atoms with Gasteiger partial charge in [0.2, 0.25) is 5.91 Å². The van der Waals surface area contributed by atoms with Crippen LogP contribution < -0.4 is 10.1 Å². The smallest absolute Gasteiger partial charge is 0.418 e. The second-order valence-electron chi connectivity index (χ2n) is 5.06. The lowest BCUT2D eigenvalue weighted by molar-refractivity contribution is -0.137. The van der Waals surface area contributed by atoms with E-state index in [0.717, 1.165) is 16.5 Å². The molecule has 2 aromatic carbocycles. The molecule has 128 valence electrons. The van der Waals surface area contributed by atoms with Crippen LogP contribution in [0.5, 0.6) is 5.75 Å². The van der Waals surface area contributed by atoms with E-state index < -0.39 is 17.6 Å². The van der Waals surface area contributed by atoms with Crippen LogP contribution in [0, 0.1) is 6.92 Å². The van der Waals surface area contributed by atoms with Crippen molar-refractivity contribution in [2.75, 3.05) is 18.2 Å². The Morgan fingerprint density at radius 2 is 1.83 bits per heavy atom. The van der Waals surface area contributed by atoms with Gasteiger partial charge in [-0.15, -0.1) is 11.8 Å². The first-order valence-corrected chi connectivity index (χ1v) is 8.02. The van der Waals surface area contributed by atoms with Gasteiger partial charge in [-0.25, -0.2) is 0 Å². The van der Waals surface area contributed by atoms with Gasteiger partial charge in [-0.2, -0.15) is 13.2 Å². The summed E-state index contributed by atoms with van der Waals surface area (Å²) in [6, 6.07) is 11.0. The predicted molar refractivity (Wildman–Crippen MR) is 88.5 cm³/mol. The summed E-state index contributed by atoms with van der Waals surface area (Å²) in [6.07, 6.45) is -4.58. The molecule has 1 N–H and O–H groups in total. The molecule has 0 bridgehead atoms. The zero-order chi connectivity index (χ0) is 17.7. The average molecular weight is 355 g/mol. The number of rotatable bonds is 5. The van der Waals surface area contributed by atoms with Gasteiger partial charge in [0.05, 0.1) is 24.1 Å². The summed E-state index contributed by atoms with van der Waals surface area (Å²) in [5.41, 5.74) is -0.120. The predicted octanol–water partition coefficient (Wildman–Crippen LogP) is 4.75. The van der Waals surface area contributed by atoms with Crippen LogP contribution in [0.2, 0.25) is 0 Å². The summed E-state index contributed by atoms with van der Waals surface area (Å²) in [6.45, 7) is 1.95. The van der Waals surface area contributed by atoms with Gasteiger partial charge < -0.3 is 10.1 Å². The third-order valence-corrected chi connectivity index (χ3v) is 4.21. The molecule has 7 heteroatoms. The lowest BCUT2D eigenvalue weighted by Gasteiger charge is -2.15. The molecule has 0 saturated carbocycles. The van der Waals surface area contributed by atoms with Crippen molar-refractivity contribution >= 4 is 23.4 Å². The summed E-state index contributed by atoms with van der Waals surface area (Å²) in [7, 11) is 1.28. The number of aryl methyl sites for hydroxylation is 1. The SMILES string of the molecule is COc1ccc(NC(=O)CSc2ccc(C)cc2)c(C(F)(F)F)c1. The number of methoxy groups -OCH3 is 1. The molecule has 0 spiro atoms. The van der Waals surface area contributed by atoms with E-state index in [0.29, 0.717) is 0 Å². The van der Waals surface area contributed by atoms with E-state index in [9.17, 15) is 18.0 Å². The Kier molecular flexibility index (Phi) is 5.77. The average Bonchev–Trinajstić information content (AvgIpc) is 2.53. The van der Waals surface area contributed by atoms with Crippen LogP contribution >= 0.6 is 11.8 Å². The molecule has 0 atom stereocenters. The van der Waals surface area contributed by atoms with Crippen molar-refractivity contribution in [3.8, 4) is 5.75 Å². The summed E-state index contributed by atoms with van der Waals surface area (Å²) in [4.78, 5) is 12.8. The highest BCUT2D eigenvalue weighted by Gasteiger charge is 2.34. The molecule has 0 heterocycles. The van der Waals surface area contributed by atoms with Gasteiger partial charge in [0.1, 0.15) is 5.75 Å². The highest BCUT2D eigenvalue weighted by Crippen LogP contribution is 2.37. The summed E-state index contributed by atoms with van der Waals surface area (Å²) >= 11 is 1.26. The number of carbonyl (C=O) groups is 1. The number of hydrogen-bond donors (Lipinski definition) is 1. The maximum atomic E-state index is 13.1. The van der Waals surface area contributed by atoms with E-state index in [4.69, 9.17) is 4.74 Å². The molecular weight excluding hydrogens is 339 g/mol. The Morgan fingerprint density at radius 3 is 2.42 bits per heavy atom. The minimum atomic E-state index is -4.58. The van der Waals surface area contributed by atoms with Crippen LogP contribution in [0.15, 0.2) is 47.4 Å². The van der Waals surface area contributed by atoms with E-state index in [-0.39, 0.29) is 17.2 Å². The molecule has 0 fully saturated rings. The third-order valence-electron chi connectivity index (χ3n) is 3.20. The van der Waals surface area contributed by atoms with Crippen LogP contribution in [-0.2, 0) is 11.0 Å². The van der Waals surface area contributed by atoms with Gasteiger partial charge in [-0.05, 0) is 37.3 Å². The molecule has 0 aliphatic carbocycles. The Morgan fingerprint density at radius 1 is 1.17 bits per heavy atom.